The Morgan fingerprint density at radius 3 is 3.00 bits per heavy atom. The van der Waals surface area contributed by atoms with E-state index in [-0.39, 0.29) is 0 Å². The van der Waals surface area contributed by atoms with Crippen LogP contribution in [0.3, 0.4) is 0 Å². The average molecular weight is 193 g/mol. The second-order valence-corrected chi connectivity index (χ2v) is 2.91. The molecule has 0 radical (unpaired) electrons. The molecule has 1 aromatic carbocycles. The van der Waals surface area contributed by atoms with Gasteiger partial charge in [-0.15, -0.1) is 6.58 Å². The van der Waals surface area contributed by atoms with Crippen LogP contribution >= 0.6 is 11.6 Å². The van der Waals surface area contributed by atoms with E-state index >= 15 is 0 Å². The Hall–Kier alpha value is -1.46. The predicted octanol–water partition coefficient (Wildman–Crippen LogP) is 2.81. The largest absolute Gasteiger partial charge is 0.381 e. The lowest BCUT2D eigenvalue weighted by Gasteiger charge is -2.05. The lowest BCUT2D eigenvalue weighted by Crippen LogP contribution is -1.99. The molecule has 0 unspecified atom stereocenters. The van der Waals surface area contributed by atoms with Gasteiger partial charge in [0, 0.05) is 11.6 Å². The molecule has 0 heterocycles. The molecule has 0 atom stereocenters. The second-order valence-electron chi connectivity index (χ2n) is 2.47. The summed E-state index contributed by atoms with van der Waals surface area (Å²) >= 11 is 5.73. The Balaban J connectivity index is 2.94. The van der Waals surface area contributed by atoms with E-state index in [0.29, 0.717) is 17.1 Å². The van der Waals surface area contributed by atoms with E-state index in [2.05, 4.69) is 18.0 Å². The van der Waals surface area contributed by atoms with Gasteiger partial charge in [0.25, 0.3) is 0 Å². The first-order chi connectivity index (χ1) is 6.27. The van der Waals surface area contributed by atoms with Crippen molar-refractivity contribution in [3.63, 3.8) is 0 Å². The summed E-state index contributed by atoms with van der Waals surface area (Å²) in [6.45, 7) is 4.21. The van der Waals surface area contributed by atoms with Gasteiger partial charge in [-0.25, -0.2) is 0 Å². The summed E-state index contributed by atoms with van der Waals surface area (Å²) in [7, 11) is 0. The molecule has 0 aliphatic rings. The molecule has 0 bridgehead atoms. The Morgan fingerprint density at radius 1 is 1.62 bits per heavy atom. The molecule has 0 aromatic heterocycles. The smallest absolute Gasteiger partial charge is 0.101 e. The van der Waals surface area contributed by atoms with Crippen LogP contribution in [0.1, 0.15) is 5.56 Å². The minimum absolute atomic E-state index is 0.550. The van der Waals surface area contributed by atoms with Crippen LogP contribution in [0.25, 0.3) is 0 Å². The first-order valence-corrected chi connectivity index (χ1v) is 4.20. The maximum atomic E-state index is 8.77. The highest BCUT2D eigenvalue weighted by atomic mass is 35.5. The Labute approximate surface area is 82.4 Å². The van der Waals surface area contributed by atoms with Gasteiger partial charge in [0.15, 0.2) is 0 Å². The number of anilines is 1. The van der Waals surface area contributed by atoms with Crippen molar-refractivity contribution < 1.29 is 0 Å². The number of nitrogens with one attached hydrogen (secondary N) is 1. The first-order valence-electron chi connectivity index (χ1n) is 3.82. The van der Waals surface area contributed by atoms with E-state index in [1.807, 2.05) is 0 Å². The first kappa shape index (κ1) is 9.63. The standard InChI is InChI=1S/C10H9ClN2/c1-2-5-13-10-4-3-9(11)6-8(10)7-12/h2-4,6,13H,1,5H2. The summed E-state index contributed by atoms with van der Waals surface area (Å²) in [6.07, 6.45) is 1.73. The lowest BCUT2D eigenvalue weighted by molar-refractivity contribution is 1.33. The van der Waals surface area contributed by atoms with Gasteiger partial charge >= 0.3 is 0 Å². The fraction of sp³-hybridized carbons (Fsp3) is 0.100. The highest BCUT2D eigenvalue weighted by molar-refractivity contribution is 6.30. The van der Waals surface area contributed by atoms with Gasteiger partial charge in [-0.05, 0) is 18.2 Å². The minimum Gasteiger partial charge on any atom is -0.381 e. The third-order valence-corrected chi connectivity index (χ3v) is 1.77. The number of halogens is 1. The van der Waals surface area contributed by atoms with Gasteiger partial charge in [-0.2, -0.15) is 5.26 Å². The van der Waals surface area contributed by atoms with Crippen molar-refractivity contribution in [2.75, 3.05) is 11.9 Å². The SMILES string of the molecule is C=CCNc1ccc(Cl)cc1C#N. The lowest BCUT2D eigenvalue weighted by atomic mass is 10.2. The van der Waals surface area contributed by atoms with E-state index in [4.69, 9.17) is 16.9 Å². The van der Waals surface area contributed by atoms with Crippen molar-refractivity contribution >= 4 is 17.3 Å². The highest BCUT2D eigenvalue weighted by Crippen LogP contribution is 2.19. The van der Waals surface area contributed by atoms with Gasteiger partial charge in [0.1, 0.15) is 6.07 Å². The zero-order valence-electron chi connectivity index (χ0n) is 7.05. The van der Waals surface area contributed by atoms with Gasteiger partial charge < -0.3 is 5.32 Å². The summed E-state index contributed by atoms with van der Waals surface area (Å²) in [5, 5.41) is 12.4. The van der Waals surface area contributed by atoms with Crippen LogP contribution in [0.4, 0.5) is 5.69 Å². The number of nitrogens with zero attached hydrogens (tertiary/aromatic N) is 1. The Bertz CT molecular complexity index is 352. The molecule has 1 N–H and O–H groups in total. The number of hydrogen-bond acceptors (Lipinski definition) is 2. The summed E-state index contributed by atoms with van der Waals surface area (Å²) < 4.78 is 0. The average Bonchev–Trinajstić information content (AvgIpc) is 2.16. The number of rotatable bonds is 3. The molecule has 1 aromatic rings. The predicted molar refractivity (Wildman–Crippen MR) is 54.9 cm³/mol. The highest BCUT2D eigenvalue weighted by Gasteiger charge is 2.00. The normalized spacial score (nSPS) is 8.92. The molecule has 0 amide bonds. The van der Waals surface area contributed by atoms with Crippen molar-refractivity contribution in [2.45, 2.75) is 0 Å². The van der Waals surface area contributed by atoms with Crippen molar-refractivity contribution in [3.05, 3.63) is 41.4 Å². The van der Waals surface area contributed by atoms with Crippen LogP contribution < -0.4 is 5.32 Å². The molecule has 66 valence electrons. The van der Waals surface area contributed by atoms with Gasteiger partial charge in [0.2, 0.25) is 0 Å². The quantitative estimate of drug-likeness (QED) is 0.748. The summed E-state index contributed by atoms with van der Waals surface area (Å²) in [5.74, 6) is 0. The van der Waals surface area contributed by atoms with Crippen molar-refractivity contribution in [1.29, 1.82) is 5.26 Å². The zero-order valence-corrected chi connectivity index (χ0v) is 7.80. The molecule has 2 nitrogen and oxygen atoms in total. The fourth-order valence-corrected chi connectivity index (χ4v) is 1.12. The third-order valence-electron chi connectivity index (χ3n) is 1.54. The van der Waals surface area contributed by atoms with E-state index < -0.39 is 0 Å². The monoisotopic (exact) mass is 192 g/mol. The zero-order chi connectivity index (χ0) is 9.68. The molecule has 13 heavy (non-hydrogen) atoms. The van der Waals surface area contributed by atoms with Crippen LogP contribution in [0.15, 0.2) is 30.9 Å². The minimum atomic E-state index is 0.550. The molecule has 0 saturated carbocycles. The number of benzene rings is 1. The van der Waals surface area contributed by atoms with E-state index in [1.165, 1.54) is 0 Å². The maximum absolute atomic E-state index is 8.77. The third kappa shape index (κ3) is 2.50. The van der Waals surface area contributed by atoms with Crippen molar-refractivity contribution in [1.82, 2.24) is 0 Å². The molecular formula is C10H9ClN2. The Morgan fingerprint density at radius 2 is 2.38 bits per heavy atom. The van der Waals surface area contributed by atoms with Crippen LogP contribution in [0.5, 0.6) is 0 Å². The van der Waals surface area contributed by atoms with Crippen molar-refractivity contribution in [3.8, 4) is 6.07 Å². The molecular weight excluding hydrogens is 184 g/mol. The van der Waals surface area contributed by atoms with E-state index in [9.17, 15) is 0 Å². The van der Waals surface area contributed by atoms with Gasteiger partial charge in [-0.1, -0.05) is 17.7 Å². The van der Waals surface area contributed by atoms with Crippen LogP contribution in [0, 0.1) is 11.3 Å². The molecule has 1 rings (SSSR count). The van der Waals surface area contributed by atoms with E-state index in [0.717, 1.165) is 5.69 Å². The van der Waals surface area contributed by atoms with Gasteiger partial charge in [-0.3, -0.25) is 0 Å². The van der Waals surface area contributed by atoms with E-state index in [1.54, 1.807) is 24.3 Å². The van der Waals surface area contributed by atoms with Crippen LogP contribution in [-0.4, -0.2) is 6.54 Å². The fourth-order valence-electron chi connectivity index (χ4n) is 0.945. The van der Waals surface area contributed by atoms with Crippen LogP contribution in [-0.2, 0) is 0 Å². The van der Waals surface area contributed by atoms with Crippen molar-refractivity contribution in [2.24, 2.45) is 0 Å². The number of hydrogen-bond donors (Lipinski definition) is 1. The van der Waals surface area contributed by atoms with Gasteiger partial charge in [0.05, 0.1) is 11.3 Å². The Kier molecular flexibility index (Phi) is 3.36. The molecule has 0 aliphatic heterocycles. The maximum Gasteiger partial charge on any atom is 0.101 e. The molecule has 0 spiro atoms. The molecule has 3 heteroatoms. The molecule has 0 aliphatic carbocycles. The summed E-state index contributed by atoms with van der Waals surface area (Å²) in [6, 6.07) is 7.22. The number of nitriles is 1. The topological polar surface area (TPSA) is 35.8 Å². The molecule has 0 saturated heterocycles. The second kappa shape index (κ2) is 4.54. The summed E-state index contributed by atoms with van der Waals surface area (Å²) in [4.78, 5) is 0. The van der Waals surface area contributed by atoms with Crippen LogP contribution in [0.2, 0.25) is 5.02 Å². The summed E-state index contributed by atoms with van der Waals surface area (Å²) in [5.41, 5.74) is 1.33. The molecule has 0 fully saturated rings.